The van der Waals surface area contributed by atoms with Crippen LogP contribution >= 0.6 is 15.9 Å². The molecule has 96 valence electrons. The van der Waals surface area contributed by atoms with Crippen LogP contribution in [0.1, 0.15) is 25.0 Å². The van der Waals surface area contributed by atoms with Crippen molar-refractivity contribution in [2.75, 3.05) is 0 Å². The summed E-state index contributed by atoms with van der Waals surface area (Å²) in [5.74, 6) is 0. The van der Waals surface area contributed by atoms with Crippen LogP contribution in [0.25, 0.3) is 0 Å². The molecule has 3 N–H and O–H groups in total. The van der Waals surface area contributed by atoms with Gasteiger partial charge < -0.3 is 5.73 Å². The van der Waals surface area contributed by atoms with Crippen molar-refractivity contribution in [3.05, 3.63) is 27.7 Å². The van der Waals surface area contributed by atoms with Crippen LogP contribution in [-0.4, -0.2) is 14.5 Å². The maximum absolute atomic E-state index is 12.1. The van der Waals surface area contributed by atoms with E-state index in [1.807, 2.05) is 13.0 Å². The zero-order valence-corrected chi connectivity index (χ0v) is 12.5. The minimum atomic E-state index is -3.50. The Labute approximate surface area is 111 Å². The minimum absolute atomic E-state index is 0.145. The Morgan fingerprint density at radius 1 is 1.41 bits per heavy atom. The van der Waals surface area contributed by atoms with Crippen LogP contribution in [0, 0.1) is 6.92 Å². The van der Waals surface area contributed by atoms with Crippen LogP contribution in [-0.2, 0) is 16.6 Å². The SMILES string of the molecule is Cc1cc(CN)cc(S(=O)(=O)NC(C)C)c1Br. The third-order valence-corrected chi connectivity index (χ3v) is 5.19. The highest BCUT2D eigenvalue weighted by molar-refractivity contribution is 9.10. The predicted octanol–water partition coefficient (Wildman–Crippen LogP) is 1.90. The molecule has 4 nitrogen and oxygen atoms in total. The van der Waals surface area contributed by atoms with Crippen LogP contribution in [0.15, 0.2) is 21.5 Å². The Morgan fingerprint density at radius 3 is 2.47 bits per heavy atom. The van der Waals surface area contributed by atoms with Gasteiger partial charge in [-0.15, -0.1) is 0 Å². The van der Waals surface area contributed by atoms with E-state index >= 15 is 0 Å². The first-order chi connectivity index (χ1) is 7.77. The van der Waals surface area contributed by atoms with Gasteiger partial charge >= 0.3 is 0 Å². The molecule has 1 aromatic rings. The van der Waals surface area contributed by atoms with Gasteiger partial charge in [0.05, 0.1) is 4.90 Å². The molecule has 1 rings (SSSR count). The minimum Gasteiger partial charge on any atom is -0.326 e. The molecule has 0 fully saturated rings. The number of aryl methyl sites for hydroxylation is 1. The average Bonchev–Trinajstić information content (AvgIpc) is 2.19. The zero-order valence-electron chi connectivity index (χ0n) is 10.1. The lowest BCUT2D eigenvalue weighted by Gasteiger charge is -2.13. The number of hydrogen-bond donors (Lipinski definition) is 2. The van der Waals surface area contributed by atoms with E-state index in [2.05, 4.69) is 20.7 Å². The van der Waals surface area contributed by atoms with Gasteiger partial charge in [0, 0.05) is 17.1 Å². The first-order valence-electron chi connectivity index (χ1n) is 5.29. The summed E-state index contributed by atoms with van der Waals surface area (Å²) in [6.07, 6.45) is 0. The van der Waals surface area contributed by atoms with Crippen molar-refractivity contribution in [2.24, 2.45) is 5.73 Å². The van der Waals surface area contributed by atoms with E-state index in [4.69, 9.17) is 5.73 Å². The van der Waals surface area contributed by atoms with Crippen molar-refractivity contribution in [3.63, 3.8) is 0 Å². The van der Waals surface area contributed by atoms with E-state index in [1.165, 1.54) is 0 Å². The molecule has 0 amide bonds. The molecule has 0 unspecified atom stereocenters. The Hall–Kier alpha value is -0.430. The summed E-state index contributed by atoms with van der Waals surface area (Å²) in [5, 5.41) is 0. The fraction of sp³-hybridized carbons (Fsp3) is 0.455. The van der Waals surface area contributed by atoms with E-state index in [1.54, 1.807) is 19.9 Å². The van der Waals surface area contributed by atoms with Crippen LogP contribution < -0.4 is 10.5 Å². The van der Waals surface area contributed by atoms with Crippen molar-refractivity contribution < 1.29 is 8.42 Å². The van der Waals surface area contributed by atoms with E-state index in [0.29, 0.717) is 11.0 Å². The van der Waals surface area contributed by atoms with Crippen LogP contribution in [0.2, 0.25) is 0 Å². The molecule has 0 saturated heterocycles. The van der Waals surface area contributed by atoms with Crippen molar-refractivity contribution >= 4 is 26.0 Å². The van der Waals surface area contributed by atoms with E-state index < -0.39 is 10.0 Å². The lowest BCUT2D eigenvalue weighted by molar-refractivity contribution is 0.569. The third-order valence-electron chi connectivity index (χ3n) is 2.20. The van der Waals surface area contributed by atoms with Crippen LogP contribution in [0.3, 0.4) is 0 Å². The van der Waals surface area contributed by atoms with Gasteiger partial charge in [0.15, 0.2) is 0 Å². The average molecular weight is 321 g/mol. The van der Waals surface area contributed by atoms with Gasteiger partial charge in [-0.2, -0.15) is 0 Å². The number of halogens is 1. The van der Waals surface area contributed by atoms with Crippen LogP contribution in [0.5, 0.6) is 0 Å². The predicted molar refractivity (Wildman–Crippen MR) is 72.2 cm³/mol. The molecule has 0 radical (unpaired) electrons. The molecule has 0 atom stereocenters. The van der Waals surface area contributed by atoms with Gasteiger partial charge in [-0.05, 0) is 53.9 Å². The first-order valence-corrected chi connectivity index (χ1v) is 7.57. The van der Waals surface area contributed by atoms with Crippen molar-refractivity contribution in [1.29, 1.82) is 0 Å². The zero-order chi connectivity index (χ0) is 13.2. The van der Waals surface area contributed by atoms with Gasteiger partial charge in [-0.1, -0.05) is 6.07 Å². The molecule has 0 heterocycles. The largest absolute Gasteiger partial charge is 0.326 e. The summed E-state index contributed by atoms with van der Waals surface area (Å²) in [5.41, 5.74) is 7.21. The van der Waals surface area contributed by atoms with Crippen molar-refractivity contribution in [3.8, 4) is 0 Å². The Balaban J connectivity index is 3.35. The second-order valence-corrected chi connectivity index (χ2v) is 6.68. The fourth-order valence-electron chi connectivity index (χ4n) is 1.50. The maximum atomic E-state index is 12.1. The summed E-state index contributed by atoms with van der Waals surface area (Å²) in [4.78, 5) is 0.242. The lowest BCUT2D eigenvalue weighted by Crippen LogP contribution is -2.30. The Kier molecular flexibility index (Phi) is 4.71. The molecule has 17 heavy (non-hydrogen) atoms. The van der Waals surface area contributed by atoms with Gasteiger partial charge in [-0.25, -0.2) is 13.1 Å². The van der Waals surface area contributed by atoms with Crippen molar-refractivity contribution in [1.82, 2.24) is 4.72 Å². The number of rotatable bonds is 4. The Bertz CT molecular complexity index is 512. The molecular weight excluding hydrogens is 304 g/mol. The first kappa shape index (κ1) is 14.6. The summed E-state index contributed by atoms with van der Waals surface area (Å²) in [6.45, 7) is 5.73. The quantitative estimate of drug-likeness (QED) is 0.890. The molecule has 0 bridgehead atoms. The molecule has 0 aliphatic rings. The summed E-state index contributed by atoms with van der Waals surface area (Å²) >= 11 is 3.31. The van der Waals surface area contributed by atoms with Crippen LogP contribution in [0.4, 0.5) is 0 Å². The molecule has 6 heteroatoms. The Morgan fingerprint density at radius 2 is 2.00 bits per heavy atom. The highest BCUT2D eigenvalue weighted by Crippen LogP contribution is 2.27. The van der Waals surface area contributed by atoms with Gasteiger partial charge in [0.25, 0.3) is 0 Å². The van der Waals surface area contributed by atoms with Crippen molar-refractivity contribution in [2.45, 2.75) is 38.3 Å². The number of nitrogens with one attached hydrogen (secondary N) is 1. The smallest absolute Gasteiger partial charge is 0.241 e. The van der Waals surface area contributed by atoms with Gasteiger partial charge in [-0.3, -0.25) is 0 Å². The standard InChI is InChI=1S/C11H17BrN2O2S/c1-7(2)14-17(15,16)10-5-9(6-13)4-8(3)11(10)12/h4-5,7,14H,6,13H2,1-3H3. The van der Waals surface area contributed by atoms with Gasteiger partial charge in [0.2, 0.25) is 10.0 Å². The third kappa shape index (κ3) is 3.51. The molecule has 0 aromatic heterocycles. The molecule has 0 saturated carbocycles. The molecular formula is C11H17BrN2O2S. The topological polar surface area (TPSA) is 72.2 Å². The number of sulfonamides is 1. The van der Waals surface area contributed by atoms with E-state index in [9.17, 15) is 8.42 Å². The second-order valence-electron chi connectivity index (χ2n) is 4.20. The summed E-state index contributed by atoms with van der Waals surface area (Å²) in [6, 6.07) is 3.33. The number of benzene rings is 1. The molecule has 0 aliphatic carbocycles. The highest BCUT2D eigenvalue weighted by Gasteiger charge is 2.20. The second kappa shape index (κ2) is 5.48. The normalized spacial score (nSPS) is 12.1. The summed E-state index contributed by atoms with van der Waals surface area (Å²) in [7, 11) is -3.50. The number of nitrogens with two attached hydrogens (primary N) is 1. The summed E-state index contributed by atoms with van der Waals surface area (Å²) < 4.78 is 27.3. The number of hydrogen-bond acceptors (Lipinski definition) is 3. The monoisotopic (exact) mass is 320 g/mol. The van der Waals surface area contributed by atoms with Gasteiger partial charge in [0.1, 0.15) is 0 Å². The maximum Gasteiger partial charge on any atom is 0.241 e. The highest BCUT2D eigenvalue weighted by atomic mass is 79.9. The molecule has 0 aliphatic heterocycles. The molecule has 1 aromatic carbocycles. The van der Waals surface area contributed by atoms with E-state index in [-0.39, 0.29) is 10.9 Å². The fourth-order valence-corrected chi connectivity index (χ4v) is 3.82. The molecule has 0 spiro atoms. The lowest BCUT2D eigenvalue weighted by atomic mass is 10.1. The van der Waals surface area contributed by atoms with E-state index in [0.717, 1.165) is 11.1 Å².